The molecule has 13 rings (SSSR count). The highest BCUT2D eigenvalue weighted by atomic mass is 32.2. The number of imide groups is 2. The Labute approximate surface area is 484 Å². The second kappa shape index (κ2) is 21.6. The predicted octanol–water partition coefficient (Wildman–Crippen LogP) is 7.08. The average Bonchev–Trinajstić information content (AvgIpc) is 1.61. The zero-order chi connectivity index (χ0) is 58.3. The molecule has 8 aromatic rings. The number of rotatable bonds is 13. The van der Waals surface area contributed by atoms with Gasteiger partial charge in [-0.25, -0.2) is 27.0 Å². The van der Waals surface area contributed by atoms with Crippen LogP contribution in [0.2, 0.25) is 0 Å². The van der Waals surface area contributed by atoms with Crippen molar-refractivity contribution in [3.63, 3.8) is 0 Å². The van der Waals surface area contributed by atoms with Crippen molar-refractivity contribution in [1.29, 1.82) is 0 Å². The first-order chi connectivity index (χ1) is 40.6. The van der Waals surface area contributed by atoms with E-state index in [2.05, 4.69) is 51.3 Å². The van der Waals surface area contributed by atoms with Gasteiger partial charge in [0.2, 0.25) is 11.8 Å². The number of carbonyl (C=O) groups excluding carboxylic acids is 5. The van der Waals surface area contributed by atoms with E-state index in [1.54, 1.807) is 64.8 Å². The quantitative estimate of drug-likeness (QED) is 0.110. The van der Waals surface area contributed by atoms with Gasteiger partial charge in [0.05, 0.1) is 68.8 Å². The third-order valence-corrected chi connectivity index (χ3v) is 19.6. The SMILES string of the molecule is COC(=O)N[C@@H]1CC[C@@H](n2c(=O)n(C)c3cnc4c(c(-c5ccc6c(cnn6C(C)C)c5)c(-c5ccc(CN6CCN(CC7CCN(c8cccc9c8C(=O)N(C8CCC(=O)NC8=O)C9=O)CC7)CC6)cc5)n4S(=O)(=O)c4ccccc4)c32)C1. The van der Waals surface area contributed by atoms with Gasteiger partial charge in [0.1, 0.15) is 6.04 Å². The maximum Gasteiger partial charge on any atom is 0.407 e. The van der Waals surface area contributed by atoms with Crippen molar-refractivity contribution in [3.05, 3.63) is 131 Å². The zero-order valence-corrected chi connectivity index (χ0v) is 48.2. The molecule has 8 heterocycles. The second-order valence-electron chi connectivity index (χ2n) is 23.3. The number of piperidine rings is 2. The van der Waals surface area contributed by atoms with Gasteiger partial charge in [-0.3, -0.25) is 48.1 Å². The zero-order valence-electron chi connectivity index (χ0n) is 47.4. The summed E-state index contributed by atoms with van der Waals surface area (Å²) in [4.78, 5) is 92.2. The van der Waals surface area contributed by atoms with Crippen LogP contribution in [-0.2, 0) is 37.9 Å². The lowest BCUT2D eigenvalue weighted by Gasteiger charge is -2.39. The molecule has 1 saturated carbocycles. The summed E-state index contributed by atoms with van der Waals surface area (Å²) in [5, 5.41) is 11.3. The number of piperazine rings is 1. The fourth-order valence-corrected chi connectivity index (χ4v) is 15.2. The number of hydrogen-bond donors (Lipinski definition) is 2. The van der Waals surface area contributed by atoms with Gasteiger partial charge in [-0.1, -0.05) is 54.6 Å². The summed E-state index contributed by atoms with van der Waals surface area (Å²) >= 11 is 0. The van der Waals surface area contributed by atoms with Crippen LogP contribution in [-0.4, -0.2) is 146 Å². The number of aryl methyl sites for hydroxylation is 1. The van der Waals surface area contributed by atoms with Crippen molar-refractivity contribution in [3.8, 4) is 22.4 Å². The van der Waals surface area contributed by atoms with Crippen molar-refractivity contribution in [2.75, 3.05) is 57.8 Å². The Morgan fingerprint density at radius 1 is 0.786 bits per heavy atom. The third kappa shape index (κ3) is 9.43. The minimum absolute atomic E-state index is 0.0667. The highest BCUT2D eigenvalue weighted by molar-refractivity contribution is 7.90. The third-order valence-electron chi connectivity index (χ3n) is 17.9. The summed E-state index contributed by atoms with van der Waals surface area (Å²) in [5.74, 6) is -1.57. The maximum atomic E-state index is 15.5. The normalized spacial score (nSPS) is 20.3. The monoisotopic (exact) mass is 1150 g/mol. The average molecular weight is 1160 g/mol. The largest absolute Gasteiger partial charge is 0.453 e. The molecule has 3 atom stereocenters. The fraction of sp³-hybridized carbons (Fsp3) is 0.387. The molecule has 4 aromatic carbocycles. The maximum absolute atomic E-state index is 15.5. The van der Waals surface area contributed by atoms with Crippen molar-refractivity contribution < 1.29 is 37.1 Å². The Hall–Kier alpha value is -8.47. The Bertz CT molecular complexity index is 4150. The number of aromatic nitrogens is 6. The summed E-state index contributed by atoms with van der Waals surface area (Å²) in [6.45, 7) is 10.8. The second-order valence-corrected chi connectivity index (χ2v) is 25.1. The van der Waals surface area contributed by atoms with Crippen LogP contribution in [0.25, 0.3) is 55.4 Å². The first kappa shape index (κ1) is 54.8. The molecule has 0 spiro atoms. The van der Waals surface area contributed by atoms with E-state index < -0.39 is 45.8 Å². The summed E-state index contributed by atoms with van der Waals surface area (Å²) in [6.07, 6.45) is 6.55. The van der Waals surface area contributed by atoms with Crippen LogP contribution >= 0.6 is 0 Å². The number of alkyl carbamates (subject to hydrolysis) is 1. The molecule has 2 N–H and O–H groups in total. The smallest absolute Gasteiger partial charge is 0.407 e. The van der Waals surface area contributed by atoms with Gasteiger partial charge in [-0.2, -0.15) is 5.10 Å². The Morgan fingerprint density at radius 3 is 2.25 bits per heavy atom. The van der Waals surface area contributed by atoms with Crippen LogP contribution in [0.3, 0.4) is 0 Å². The van der Waals surface area contributed by atoms with Crippen LogP contribution in [0.5, 0.6) is 0 Å². The molecule has 4 aromatic heterocycles. The van der Waals surface area contributed by atoms with Crippen LogP contribution < -0.4 is 21.2 Å². The van der Waals surface area contributed by atoms with Crippen LogP contribution in [0.15, 0.2) is 113 Å². The number of ether oxygens (including phenoxy) is 1. The highest BCUT2D eigenvalue weighted by Gasteiger charge is 2.46. The summed E-state index contributed by atoms with van der Waals surface area (Å²) in [5.41, 5.74) is 6.70. The van der Waals surface area contributed by atoms with E-state index in [1.807, 2.05) is 47.3 Å². The first-order valence-electron chi connectivity index (χ1n) is 29.0. The minimum Gasteiger partial charge on any atom is -0.453 e. The van der Waals surface area contributed by atoms with Crippen LogP contribution in [0, 0.1) is 5.92 Å². The number of nitrogens with zero attached hydrogens (tertiary/aromatic N) is 10. The Balaban J connectivity index is 0.776. The van der Waals surface area contributed by atoms with Gasteiger partial charge in [-0.05, 0) is 111 Å². The predicted molar refractivity (Wildman–Crippen MR) is 316 cm³/mol. The first-order valence-corrected chi connectivity index (χ1v) is 30.4. The van der Waals surface area contributed by atoms with Crippen LogP contribution in [0.4, 0.5) is 10.5 Å². The summed E-state index contributed by atoms with van der Waals surface area (Å²) < 4.78 is 42.6. The number of anilines is 1. The number of fused-ring (bicyclic) bond motifs is 5. The lowest BCUT2D eigenvalue weighted by molar-refractivity contribution is -0.136. The van der Waals surface area contributed by atoms with Gasteiger partial charge in [-0.15, -0.1) is 0 Å². The Morgan fingerprint density at radius 2 is 1.52 bits per heavy atom. The standard InChI is InChI=1S/C62H66N12O9S/c1-37(2)73-47-20-17-41(31-42(47)33-64-73)52-54-56-50(67(3)62(80)71(56)44-19-18-43(32-44)65-61(79)83-4)34-63-57(54)74(84(81,82)45-9-6-5-7-10-45)55(52)40-15-13-38(14-16-40)35-68-27-29-69(30-28-68)36-39-23-25-70(26-24-39)48-12-8-11-46-53(48)60(78)72(59(46)77)49-21-22-51(75)66-58(49)76/h5-17,20,31,33-34,37,39,43-44,49H,18-19,21-30,32,35-36H2,1-4H3,(H,65,79)(H,66,75,76)/t43-,44-,49?/m1/s1. The summed E-state index contributed by atoms with van der Waals surface area (Å²) in [7, 11) is -1.34. The van der Waals surface area contributed by atoms with Gasteiger partial charge in [0.15, 0.2) is 5.65 Å². The topological polar surface area (TPSA) is 228 Å². The lowest BCUT2D eigenvalue weighted by atomic mass is 9.94. The molecule has 4 aliphatic heterocycles. The number of carbonyl (C=O) groups is 5. The number of imidazole rings is 1. The number of amides is 5. The lowest BCUT2D eigenvalue weighted by Crippen LogP contribution is -2.54. The number of nitrogens with one attached hydrogen (secondary N) is 2. The van der Waals surface area contributed by atoms with Gasteiger partial charge < -0.3 is 19.9 Å². The fourth-order valence-electron chi connectivity index (χ4n) is 13.7. The van der Waals surface area contributed by atoms with Gasteiger partial charge in [0, 0.05) is 94.9 Å². The molecule has 22 heteroatoms. The molecule has 5 aliphatic rings. The molecular weight excluding hydrogens is 1090 g/mol. The molecule has 1 unspecified atom stereocenters. The van der Waals surface area contributed by atoms with Crippen molar-refractivity contribution >= 4 is 78.4 Å². The van der Waals surface area contributed by atoms with Crippen LogP contribution in [0.1, 0.15) is 97.2 Å². The highest BCUT2D eigenvalue weighted by Crippen LogP contribution is 2.47. The van der Waals surface area contributed by atoms with Crippen molar-refractivity contribution in [2.45, 2.75) is 94.4 Å². The van der Waals surface area contributed by atoms with E-state index in [0.29, 0.717) is 76.2 Å². The van der Waals surface area contributed by atoms with Crippen molar-refractivity contribution in [2.24, 2.45) is 13.0 Å². The number of methoxy groups -OCH3 is 1. The minimum atomic E-state index is -4.37. The Kier molecular flexibility index (Phi) is 14.1. The molecule has 21 nitrogen and oxygen atoms in total. The number of pyridine rings is 1. The van der Waals surface area contributed by atoms with E-state index in [4.69, 9.17) is 14.8 Å². The molecule has 0 bridgehead atoms. The molecule has 434 valence electrons. The van der Waals surface area contributed by atoms with E-state index in [1.165, 1.54) is 11.1 Å². The molecule has 0 radical (unpaired) electrons. The van der Waals surface area contributed by atoms with E-state index in [-0.39, 0.29) is 52.8 Å². The molecule has 5 amide bonds. The van der Waals surface area contributed by atoms with E-state index in [0.717, 1.165) is 85.6 Å². The number of hydrogen-bond acceptors (Lipinski definition) is 14. The number of benzene rings is 4. The van der Waals surface area contributed by atoms with E-state index >= 15 is 8.42 Å². The molecule has 1 aliphatic carbocycles. The summed E-state index contributed by atoms with van der Waals surface area (Å²) in [6, 6.07) is 26.3. The molecule has 3 saturated heterocycles. The molecule has 4 fully saturated rings. The molecular formula is C62H66N12O9S. The van der Waals surface area contributed by atoms with Gasteiger partial charge >= 0.3 is 11.8 Å². The molecule has 84 heavy (non-hydrogen) atoms. The van der Waals surface area contributed by atoms with Gasteiger partial charge in [0.25, 0.3) is 21.8 Å². The van der Waals surface area contributed by atoms with E-state index in [9.17, 15) is 28.8 Å². The van der Waals surface area contributed by atoms with Crippen molar-refractivity contribution in [1.82, 2.24) is 53.2 Å².